The number of nitrogens with zero attached hydrogens (tertiary/aromatic N) is 3. The standard InChI is InChI=1S/C22H25N3O2S/c1-27-13-12-24(16-18-9-6-14-28-18)22(26)19-10-5-11-25-20(15-23-21(19)25)17-7-3-2-4-8-17/h2-4,6-9,14-15,19H,5,10-13,16H2,1H3. The number of imidazole rings is 1. The number of carbonyl (C=O) groups is 1. The lowest BCUT2D eigenvalue weighted by Gasteiger charge is -2.30. The maximum absolute atomic E-state index is 13.5. The summed E-state index contributed by atoms with van der Waals surface area (Å²) < 4.78 is 7.47. The Morgan fingerprint density at radius 1 is 1.29 bits per heavy atom. The molecule has 0 saturated heterocycles. The summed E-state index contributed by atoms with van der Waals surface area (Å²) in [5.41, 5.74) is 2.24. The van der Waals surface area contributed by atoms with E-state index in [1.165, 1.54) is 4.88 Å². The molecule has 6 heteroatoms. The fourth-order valence-electron chi connectivity index (χ4n) is 3.84. The van der Waals surface area contributed by atoms with Gasteiger partial charge in [-0.25, -0.2) is 4.98 Å². The summed E-state index contributed by atoms with van der Waals surface area (Å²) in [7, 11) is 1.67. The Hall–Kier alpha value is -2.44. The molecule has 28 heavy (non-hydrogen) atoms. The van der Waals surface area contributed by atoms with E-state index in [-0.39, 0.29) is 11.8 Å². The number of hydrogen-bond acceptors (Lipinski definition) is 4. The second-order valence-electron chi connectivity index (χ2n) is 7.05. The zero-order valence-electron chi connectivity index (χ0n) is 16.1. The average molecular weight is 396 g/mol. The number of methoxy groups -OCH3 is 1. The van der Waals surface area contributed by atoms with Gasteiger partial charge in [-0.1, -0.05) is 36.4 Å². The molecule has 1 amide bonds. The molecule has 146 valence electrons. The second kappa shape index (κ2) is 8.71. The van der Waals surface area contributed by atoms with Crippen molar-refractivity contribution in [3.8, 4) is 11.3 Å². The van der Waals surface area contributed by atoms with Gasteiger partial charge in [0, 0.05) is 25.1 Å². The van der Waals surface area contributed by atoms with Crippen molar-refractivity contribution in [1.29, 1.82) is 0 Å². The summed E-state index contributed by atoms with van der Waals surface area (Å²) in [5, 5.41) is 2.05. The van der Waals surface area contributed by atoms with Crippen LogP contribution in [-0.4, -0.2) is 40.6 Å². The number of amides is 1. The van der Waals surface area contributed by atoms with Crippen LogP contribution in [0.3, 0.4) is 0 Å². The van der Waals surface area contributed by atoms with Crippen LogP contribution in [0.1, 0.15) is 29.5 Å². The van der Waals surface area contributed by atoms with Crippen LogP contribution in [0.4, 0.5) is 0 Å². The summed E-state index contributed by atoms with van der Waals surface area (Å²) in [6, 6.07) is 14.4. The van der Waals surface area contributed by atoms with Crippen LogP contribution < -0.4 is 0 Å². The topological polar surface area (TPSA) is 47.4 Å². The van der Waals surface area contributed by atoms with Gasteiger partial charge in [0.05, 0.1) is 31.0 Å². The van der Waals surface area contributed by atoms with E-state index in [1.807, 2.05) is 40.7 Å². The summed E-state index contributed by atoms with van der Waals surface area (Å²) in [4.78, 5) is 21.3. The summed E-state index contributed by atoms with van der Waals surface area (Å²) in [5.74, 6) is 0.850. The van der Waals surface area contributed by atoms with Crippen molar-refractivity contribution in [2.24, 2.45) is 0 Å². The molecule has 0 fully saturated rings. The minimum absolute atomic E-state index is 0.150. The maximum Gasteiger partial charge on any atom is 0.233 e. The molecule has 1 aromatic carbocycles. The number of carbonyl (C=O) groups excluding carboxylic acids is 1. The lowest BCUT2D eigenvalue weighted by molar-refractivity contribution is -0.134. The molecule has 1 aliphatic heterocycles. The highest BCUT2D eigenvalue weighted by atomic mass is 32.1. The van der Waals surface area contributed by atoms with Crippen molar-refractivity contribution in [3.05, 3.63) is 64.7 Å². The van der Waals surface area contributed by atoms with Crippen LogP contribution in [0.25, 0.3) is 11.3 Å². The Balaban J connectivity index is 1.60. The molecule has 1 unspecified atom stereocenters. The van der Waals surface area contributed by atoms with Gasteiger partial charge in [0.2, 0.25) is 5.91 Å². The lowest BCUT2D eigenvalue weighted by Crippen LogP contribution is -2.38. The molecule has 0 saturated carbocycles. The molecule has 0 spiro atoms. The highest BCUT2D eigenvalue weighted by Crippen LogP contribution is 2.33. The molecule has 4 rings (SSSR count). The highest BCUT2D eigenvalue weighted by Gasteiger charge is 2.33. The normalized spacial score (nSPS) is 16.0. The van der Waals surface area contributed by atoms with Gasteiger partial charge in [-0.05, 0) is 29.9 Å². The average Bonchev–Trinajstić information content (AvgIpc) is 3.40. The van der Waals surface area contributed by atoms with Crippen molar-refractivity contribution < 1.29 is 9.53 Å². The van der Waals surface area contributed by atoms with Crippen molar-refractivity contribution in [3.63, 3.8) is 0 Å². The fraction of sp³-hybridized carbons (Fsp3) is 0.364. The fourth-order valence-corrected chi connectivity index (χ4v) is 4.56. The zero-order valence-corrected chi connectivity index (χ0v) is 16.9. The molecule has 0 radical (unpaired) electrons. The number of hydrogen-bond donors (Lipinski definition) is 0. The van der Waals surface area contributed by atoms with Crippen LogP contribution in [0, 0.1) is 0 Å². The molecular formula is C22H25N3O2S. The minimum atomic E-state index is -0.192. The minimum Gasteiger partial charge on any atom is -0.383 e. The Labute approximate surface area is 169 Å². The molecule has 0 N–H and O–H groups in total. The lowest BCUT2D eigenvalue weighted by atomic mass is 9.96. The van der Waals surface area contributed by atoms with Gasteiger partial charge in [0.15, 0.2) is 0 Å². The van der Waals surface area contributed by atoms with Gasteiger partial charge in [0.25, 0.3) is 0 Å². The molecule has 3 heterocycles. The van der Waals surface area contributed by atoms with E-state index < -0.39 is 0 Å². The monoisotopic (exact) mass is 395 g/mol. The first-order valence-corrected chi connectivity index (χ1v) is 10.6. The molecule has 0 aliphatic carbocycles. The second-order valence-corrected chi connectivity index (χ2v) is 8.08. The molecule has 3 aromatic rings. The SMILES string of the molecule is COCCN(Cc1cccs1)C(=O)C1CCCn2c(-c3ccccc3)cnc21. The highest BCUT2D eigenvalue weighted by molar-refractivity contribution is 7.09. The van der Waals surface area contributed by atoms with E-state index in [1.54, 1.807) is 18.4 Å². The summed E-state index contributed by atoms with van der Waals surface area (Å²) >= 11 is 1.68. The Morgan fingerprint density at radius 2 is 2.14 bits per heavy atom. The molecule has 2 aromatic heterocycles. The third-order valence-electron chi connectivity index (χ3n) is 5.24. The first-order chi connectivity index (χ1) is 13.8. The molecular weight excluding hydrogens is 370 g/mol. The number of benzene rings is 1. The van der Waals surface area contributed by atoms with E-state index >= 15 is 0 Å². The summed E-state index contributed by atoms with van der Waals surface area (Å²) in [6.45, 7) is 2.67. The zero-order chi connectivity index (χ0) is 19.3. The molecule has 5 nitrogen and oxygen atoms in total. The van der Waals surface area contributed by atoms with E-state index in [2.05, 4.69) is 27.8 Å². The predicted molar refractivity (Wildman–Crippen MR) is 111 cm³/mol. The van der Waals surface area contributed by atoms with E-state index in [4.69, 9.17) is 4.74 Å². The van der Waals surface area contributed by atoms with Gasteiger partial charge >= 0.3 is 0 Å². The van der Waals surface area contributed by atoms with Crippen LogP contribution in [0.15, 0.2) is 54.0 Å². The van der Waals surface area contributed by atoms with E-state index in [0.717, 1.165) is 36.5 Å². The third kappa shape index (κ3) is 3.88. The van der Waals surface area contributed by atoms with Gasteiger partial charge in [-0.2, -0.15) is 0 Å². The smallest absolute Gasteiger partial charge is 0.233 e. The Kier molecular flexibility index (Phi) is 5.88. The largest absolute Gasteiger partial charge is 0.383 e. The first kappa shape index (κ1) is 18.9. The maximum atomic E-state index is 13.5. The number of ether oxygens (including phenoxy) is 1. The van der Waals surface area contributed by atoms with Gasteiger partial charge in [-0.3, -0.25) is 4.79 Å². The van der Waals surface area contributed by atoms with E-state index in [0.29, 0.717) is 19.7 Å². The number of fused-ring (bicyclic) bond motifs is 1. The van der Waals surface area contributed by atoms with Crippen LogP contribution >= 0.6 is 11.3 Å². The molecule has 1 aliphatic rings. The van der Waals surface area contributed by atoms with Crippen LogP contribution in [0.5, 0.6) is 0 Å². The van der Waals surface area contributed by atoms with Crippen LogP contribution in [0.2, 0.25) is 0 Å². The predicted octanol–water partition coefficient (Wildman–Crippen LogP) is 4.16. The van der Waals surface area contributed by atoms with E-state index in [9.17, 15) is 4.79 Å². The molecule has 0 bridgehead atoms. The van der Waals surface area contributed by atoms with Gasteiger partial charge in [0.1, 0.15) is 5.82 Å². The van der Waals surface area contributed by atoms with Crippen molar-refractivity contribution in [2.75, 3.05) is 20.3 Å². The first-order valence-electron chi connectivity index (χ1n) is 9.69. The third-order valence-corrected chi connectivity index (χ3v) is 6.11. The summed E-state index contributed by atoms with van der Waals surface area (Å²) in [6.07, 6.45) is 3.74. The van der Waals surface area contributed by atoms with Gasteiger partial charge < -0.3 is 14.2 Å². The Bertz CT molecular complexity index is 905. The van der Waals surface area contributed by atoms with Crippen LogP contribution in [-0.2, 0) is 22.6 Å². The number of aromatic nitrogens is 2. The van der Waals surface area contributed by atoms with Crippen molar-refractivity contribution in [1.82, 2.24) is 14.5 Å². The number of thiophene rings is 1. The van der Waals surface area contributed by atoms with Crippen molar-refractivity contribution >= 4 is 17.2 Å². The van der Waals surface area contributed by atoms with Gasteiger partial charge in [-0.15, -0.1) is 11.3 Å². The molecule has 1 atom stereocenters. The Morgan fingerprint density at radius 3 is 2.89 bits per heavy atom. The quantitative estimate of drug-likeness (QED) is 0.603. The van der Waals surface area contributed by atoms with Crippen molar-refractivity contribution in [2.45, 2.75) is 31.8 Å². The number of rotatable bonds is 7.